The van der Waals surface area contributed by atoms with Crippen molar-refractivity contribution in [3.8, 4) is 0 Å². The zero-order valence-electron chi connectivity index (χ0n) is 22.3. The third kappa shape index (κ3) is 6.24. The molecule has 7 nitrogen and oxygen atoms in total. The Bertz CT molecular complexity index is 1380. The van der Waals surface area contributed by atoms with E-state index >= 15 is 0 Å². The lowest BCUT2D eigenvalue weighted by Gasteiger charge is -2.37. The van der Waals surface area contributed by atoms with Gasteiger partial charge in [0.25, 0.3) is 0 Å². The minimum Gasteiger partial charge on any atom is -0.466 e. The van der Waals surface area contributed by atoms with Gasteiger partial charge >= 0.3 is 12.1 Å². The average molecular weight is 582 g/mol. The van der Waals surface area contributed by atoms with Crippen LogP contribution in [0.4, 0.5) is 22.4 Å². The number of likely N-dealkylation sites (tertiary alicyclic amines) is 1. The fourth-order valence-corrected chi connectivity index (χ4v) is 5.01. The summed E-state index contributed by atoms with van der Waals surface area (Å²) in [4.78, 5) is 31.7. The van der Waals surface area contributed by atoms with E-state index in [9.17, 15) is 27.2 Å². The monoisotopic (exact) mass is 581 g/mol. The molecule has 2 aliphatic heterocycles. The summed E-state index contributed by atoms with van der Waals surface area (Å²) >= 11 is 6.33. The van der Waals surface area contributed by atoms with Gasteiger partial charge in [0.05, 0.1) is 18.2 Å². The van der Waals surface area contributed by atoms with Crippen molar-refractivity contribution >= 4 is 29.5 Å². The molecule has 2 aliphatic rings. The van der Waals surface area contributed by atoms with Crippen molar-refractivity contribution in [1.29, 1.82) is 0 Å². The number of halogens is 5. The van der Waals surface area contributed by atoms with E-state index in [1.54, 1.807) is 20.8 Å². The third-order valence-electron chi connectivity index (χ3n) is 6.54. The zero-order valence-corrected chi connectivity index (χ0v) is 23.0. The molecule has 2 heterocycles. The predicted octanol–water partition coefficient (Wildman–Crippen LogP) is 6.06. The van der Waals surface area contributed by atoms with Crippen LogP contribution < -0.4 is 5.32 Å². The van der Waals surface area contributed by atoms with E-state index in [-0.39, 0.29) is 40.8 Å². The molecule has 40 heavy (non-hydrogen) atoms. The summed E-state index contributed by atoms with van der Waals surface area (Å²) in [5.41, 5.74) is -0.866. The molecule has 214 valence electrons. The number of hydrogen-bond donors (Lipinski definition) is 1. The molecule has 1 fully saturated rings. The molecule has 1 unspecified atom stereocenters. The van der Waals surface area contributed by atoms with E-state index in [4.69, 9.17) is 21.1 Å². The second-order valence-corrected chi connectivity index (χ2v) is 10.9. The molecule has 1 N–H and O–H groups in total. The number of ether oxygens (including phenoxy) is 2. The molecule has 0 aliphatic carbocycles. The Morgan fingerprint density at radius 3 is 2.20 bits per heavy atom. The highest BCUT2D eigenvalue weighted by molar-refractivity contribution is 6.31. The highest BCUT2D eigenvalue weighted by atomic mass is 35.5. The topological polar surface area (TPSA) is 80.2 Å². The highest BCUT2D eigenvalue weighted by Crippen LogP contribution is 2.40. The number of carbonyl (C=O) groups is 2. The molecule has 0 spiro atoms. The minimum absolute atomic E-state index is 0.0124. The van der Waals surface area contributed by atoms with Gasteiger partial charge in [-0.1, -0.05) is 17.7 Å². The third-order valence-corrected chi connectivity index (χ3v) is 6.86. The maximum Gasteiger partial charge on any atom is 0.410 e. The van der Waals surface area contributed by atoms with Crippen LogP contribution in [-0.2, 0) is 14.3 Å². The van der Waals surface area contributed by atoms with Gasteiger partial charge < -0.3 is 19.7 Å². The van der Waals surface area contributed by atoms with Gasteiger partial charge in [0.1, 0.15) is 40.7 Å². The second kappa shape index (κ2) is 11.5. The standard InChI is InChI=1S/C28H28ClF4N3O4/c1-28(2,3)40-27(38)36-9-7-14(8-10-36)23-22(26(37)39-4)24(17-6-5-15(30)11-18(17)29)35-25(34-23)21-19(32)12-16(31)13-20(21)33/h5-6,11-14,24H,7-10H2,1-4H3,(H,34,35). The van der Waals surface area contributed by atoms with Gasteiger partial charge in [-0.3, -0.25) is 4.99 Å². The number of amidine groups is 1. The first kappa shape index (κ1) is 29.4. The molecule has 4 rings (SSSR count). The highest BCUT2D eigenvalue weighted by Gasteiger charge is 2.39. The number of nitrogens with one attached hydrogen (secondary N) is 1. The van der Waals surface area contributed by atoms with Crippen molar-refractivity contribution in [2.24, 2.45) is 10.9 Å². The average Bonchev–Trinajstić information content (AvgIpc) is 2.86. The SMILES string of the molecule is COC(=O)C1=C(C2CCN(C(=O)OC(C)(C)C)CC2)NC(c2c(F)cc(F)cc2F)=NC1c1ccc(F)cc1Cl. The molecule has 0 saturated carbocycles. The number of piperidine rings is 1. The Morgan fingerprint density at radius 1 is 1.02 bits per heavy atom. The molecule has 0 radical (unpaired) electrons. The van der Waals surface area contributed by atoms with Gasteiger partial charge in [-0.2, -0.15) is 0 Å². The summed E-state index contributed by atoms with van der Waals surface area (Å²) in [6.45, 7) is 5.81. The Morgan fingerprint density at radius 2 is 1.65 bits per heavy atom. The first-order chi connectivity index (χ1) is 18.8. The lowest BCUT2D eigenvalue weighted by Crippen LogP contribution is -2.45. The lowest BCUT2D eigenvalue weighted by molar-refractivity contribution is -0.136. The molecule has 2 aromatic rings. The molecule has 1 saturated heterocycles. The van der Waals surface area contributed by atoms with E-state index in [0.29, 0.717) is 25.0 Å². The number of esters is 1. The molecule has 1 amide bonds. The first-order valence-electron chi connectivity index (χ1n) is 12.5. The van der Waals surface area contributed by atoms with Crippen LogP contribution in [0, 0.1) is 29.2 Å². The van der Waals surface area contributed by atoms with E-state index in [2.05, 4.69) is 10.3 Å². The van der Waals surface area contributed by atoms with Crippen LogP contribution in [0.5, 0.6) is 0 Å². The summed E-state index contributed by atoms with van der Waals surface area (Å²) in [6, 6.07) is 3.26. The number of amides is 1. The summed E-state index contributed by atoms with van der Waals surface area (Å²) in [7, 11) is 1.17. The van der Waals surface area contributed by atoms with Crippen molar-refractivity contribution in [2.75, 3.05) is 20.2 Å². The summed E-state index contributed by atoms with van der Waals surface area (Å²) in [5.74, 6) is -5.69. The molecule has 0 aromatic heterocycles. The van der Waals surface area contributed by atoms with Crippen LogP contribution >= 0.6 is 11.6 Å². The van der Waals surface area contributed by atoms with Crippen LogP contribution in [0.25, 0.3) is 0 Å². The van der Waals surface area contributed by atoms with Crippen LogP contribution in [0.2, 0.25) is 5.02 Å². The normalized spacial score (nSPS) is 18.3. The van der Waals surface area contributed by atoms with Gasteiger partial charge in [0, 0.05) is 47.4 Å². The Labute approximate surface area is 233 Å². The van der Waals surface area contributed by atoms with Crippen molar-refractivity contribution in [3.05, 3.63) is 81.0 Å². The van der Waals surface area contributed by atoms with Crippen LogP contribution in [0.1, 0.15) is 50.8 Å². The summed E-state index contributed by atoms with van der Waals surface area (Å²) in [6.07, 6.45) is 0.222. The molecule has 0 bridgehead atoms. The van der Waals surface area contributed by atoms with Gasteiger partial charge in [-0.25, -0.2) is 27.2 Å². The van der Waals surface area contributed by atoms with Crippen LogP contribution in [0.3, 0.4) is 0 Å². The Balaban J connectivity index is 1.80. The largest absolute Gasteiger partial charge is 0.466 e. The molecular weight excluding hydrogens is 554 g/mol. The van der Waals surface area contributed by atoms with Gasteiger partial charge in [-0.15, -0.1) is 0 Å². The van der Waals surface area contributed by atoms with E-state index in [1.807, 2.05) is 0 Å². The zero-order chi connectivity index (χ0) is 29.4. The number of hydrogen-bond acceptors (Lipinski definition) is 6. The molecule has 12 heteroatoms. The number of carbonyl (C=O) groups excluding carboxylic acids is 2. The smallest absolute Gasteiger partial charge is 0.410 e. The first-order valence-corrected chi connectivity index (χ1v) is 12.9. The molecule has 2 aromatic carbocycles. The number of methoxy groups -OCH3 is 1. The molecule has 1 atom stereocenters. The minimum atomic E-state index is -1.24. The van der Waals surface area contributed by atoms with Gasteiger partial charge in [-0.05, 0) is 45.7 Å². The Kier molecular flexibility index (Phi) is 8.44. The summed E-state index contributed by atoms with van der Waals surface area (Å²) in [5, 5.41) is 2.82. The Hall–Kier alpha value is -3.60. The maximum absolute atomic E-state index is 14.9. The fraction of sp³-hybridized carbons (Fsp3) is 0.393. The number of allylic oxidation sites excluding steroid dienone is 1. The van der Waals surface area contributed by atoms with E-state index < -0.39 is 58.5 Å². The number of nitrogens with zero attached hydrogens (tertiary/aromatic N) is 2. The van der Waals surface area contributed by atoms with Crippen molar-refractivity contribution in [2.45, 2.75) is 45.3 Å². The summed E-state index contributed by atoms with van der Waals surface area (Å²) < 4.78 is 67.8. The molecular formula is C28H28ClF4N3O4. The van der Waals surface area contributed by atoms with Gasteiger partial charge in [0.15, 0.2) is 0 Å². The lowest BCUT2D eigenvalue weighted by atomic mass is 9.85. The quantitative estimate of drug-likeness (QED) is 0.351. The van der Waals surface area contributed by atoms with E-state index in [1.165, 1.54) is 18.1 Å². The number of rotatable bonds is 4. The number of aliphatic imine (C=N–C) groups is 1. The van der Waals surface area contributed by atoms with E-state index in [0.717, 1.165) is 12.1 Å². The second-order valence-electron chi connectivity index (χ2n) is 10.5. The van der Waals surface area contributed by atoms with Crippen LogP contribution in [-0.4, -0.2) is 48.6 Å². The van der Waals surface area contributed by atoms with Crippen molar-refractivity contribution < 1.29 is 36.6 Å². The fourth-order valence-electron chi connectivity index (χ4n) is 4.74. The van der Waals surface area contributed by atoms with Gasteiger partial charge in [0.2, 0.25) is 0 Å². The number of benzene rings is 2. The predicted molar refractivity (Wildman–Crippen MR) is 140 cm³/mol. The van der Waals surface area contributed by atoms with Crippen molar-refractivity contribution in [1.82, 2.24) is 10.2 Å². The maximum atomic E-state index is 14.9. The van der Waals surface area contributed by atoms with Crippen LogP contribution in [0.15, 0.2) is 46.6 Å². The van der Waals surface area contributed by atoms with Crippen molar-refractivity contribution in [3.63, 3.8) is 0 Å².